The number of amides is 1. The number of carbonyl (C=O) groups excluding carboxylic acids is 1. The molecule has 0 aliphatic carbocycles. The molecular formula is C20H19FN2O3. The monoisotopic (exact) mass is 354 g/mol. The summed E-state index contributed by atoms with van der Waals surface area (Å²) in [5, 5.41) is 2.82. The van der Waals surface area contributed by atoms with Gasteiger partial charge in [0.1, 0.15) is 11.6 Å². The highest BCUT2D eigenvalue weighted by Gasteiger charge is 2.12. The Bertz CT molecular complexity index is 892. The van der Waals surface area contributed by atoms with Crippen LogP contribution >= 0.6 is 0 Å². The van der Waals surface area contributed by atoms with E-state index in [1.54, 1.807) is 30.3 Å². The van der Waals surface area contributed by atoms with Crippen LogP contribution in [0.4, 0.5) is 10.1 Å². The summed E-state index contributed by atoms with van der Waals surface area (Å²) in [4.78, 5) is 16.3. The third kappa shape index (κ3) is 4.27. The zero-order chi connectivity index (χ0) is 18.4. The number of rotatable bonds is 7. The molecule has 2 aromatic carbocycles. The Morgan fingerprint density at radius 2 is 1.96 bits per heavy atom. The lowest BCUT2D eigenvalue weighted by Gasteiger charge is -2.10. The molecule has 0 bridgehead atoms. The molecule has 0 unspecified atom stereocenters. The lowest BCUT2D eigenvalue weighted by molar-refractivity contribution is -0.116. The van der Waals surface area contributed by atoms with Gasteiger partial charge in [0.15, 0.2) is 11.7 Å². The number of halogens is 1. The molecule has 0 atom stereocenters. The number of aromatic nitrogens is 1. The number of nitrogens with zero attached hydrogens (tertiary/aromatic N) is 1. The average Bonchev–Trinajstić information content (AvgIpc) is 3.11. The summed E-state index contributed by atoms with van der Waals surface area (Å²) >= 11 is 0. The maximum Gasteiger partial charge on any atom is 0.224 e. The number of para-hydroxylation sites is 2. The van der Waals surface area contributed by atoms with Gasteiger partial charge in [0, 0.05) is 12.8 Å². The second-order valence-corrected chi connectivity index (χ2v) is 5.58. The van der Waals surface area contributed by atoms with Gasteiger partial charge in [0.2, 0.25) is 5.91 Å². The predicted molar refractivity (Wildman–Crippen MR) is 96.5 cm³/mol. The molecule has 1 aromatic heterocycles. The number of carbonyl (C=O) groups is 1. The third-order valence-corrected chi connectivity index (χ3v) is 3.72. The van der Waals surface area contributed by atoms with Crippen LogP contribution in [-0.2, 0) is 11.2 Å². The largest absolute Gasteiger partial charge is 0.492 e. The van der Waals surface area contributed by atoms with Gasteiger partial charge < -0.3 is 14.5 Å². The molecule has 0 aliphatic heterocycles. The van der Waals surface area contributed by atoms with Gasteiger partial charge in [-0.05, 0) is 31.2 Å². The summed E-state index contributed by atoms with van der Waals surface area (Å²) < 4.78 is 24.8. The SMILES string of the molecule is CCOc1ccccc1NC(=O)CCc1ncc(-c2ccccc2F)o1. The fourth-order valence-electron chi connectivity index (χ4n) is 2.50. The van der Waals surface area contributed by atoms with Crippen LogP contribution in [0.15, 0.2) is 59.1 Å². The first-order valence-corrected chi connectivity index (χ1v) is 8.38. The van der Waals surface area contributed by atoms with Crippen molar-refractivity contribution in [2.45, 2.75) is 19.8 Å². The van der Waals surface area contributed by atoms with E-state index in [1.165, 1.54) is 12.3 Å². The minimum absolute atomic E-state index is 0.178. The maximum absolute atomic E-state index is 13.8. The Morgan fingerprint density at radius 1 is 1.19 bits per heavy atom. The van der Waals surface area contributed by atoms with Crippen molar-refractivity contribution in [2.75, 3.05) is 11.9 Å². The minimum atomic E-state index is -0.375. The Balaban J connectivity index is 1.60. The van der Waals surface area contributed by atoms with Crippen molar-refractivity contribution in [1.29, 1.82) is 0 Å². The molecule has 26 heavy (non-hydrogen) atoms. The molecule has 0 fully saturated rings. The van der Waals surface area contributed by atoms with E-state index in [0.29, 0.717) is 41.7 Å². The predicted octanol–water partition coefficient (Wildman–Crippen LogP) is 4.45. The van der Waals surface area contributed by atoms with Gasteiger partial charge in [0.25, 0.3) is 0 Å². The lowest BCUT2D eigenvalue weighted by atomic mass is 10.2. The first kappa shape index (κ1) is 17.7. The highest BCUT2D eigenvalue weighted by Crippen LogP contribution is 2.25. The standard InChI is InChI=1S/C20H19FN2O3/c1-2-25-17-10-6-5-9-16(17)23-19(24)11-12-20-22-13-18(26-20)14-7-3-4-8-15(14)21/h3-10,13H,2,11-12H2,1H3,(H,23,24). The first-order valence-electron chi connectivity index (χ1n) is 8.38. The van der Waals surface area contributed by atoms with E-state index in [1.807, 2.05) is 19.1 Å². The van der Waals surface area contributed by atoms with Gasteiger partial charge in [-0.3, -0.25) is 4.79 Å². The molecule has 1 amide bonds. The second kappa shape index (κ2) is 8.29. The summed E-state index contributed by atoms with van der Waals surface area (Å²) in [6.45, 7) is 2.40. The van der Waals surface area contributed by atoms with Gasteiger partial charge in [0.05, 0.1) is 24.1 Å². The molecule has 6 heteroatoms. The molecule has 0 saturated carbocycles. The fourth-order valence-corrected chi connectivity index (χ4v) is 2.50. The zero-order valence-corrected chi connectivity index (χ0v) is 14.4. The normalized spacial score (nSPS) is 10.5. The number of aryl methyl sites for hydroxylation is 1. The third-order valence-electron chi connectivity index (χ3n) is 3.72. The number of ether oxygens (including phenoxy) is 1. The lowest BCUT2D eigenvalue weighted by Crippen LogP contribution is -2.13. The number of anilines is 1. The molecule has 0 aliphatic rings. The average molecular weight is 354 g/mol. The van der Waals surface area contributed by atoms with Crippen LogP contribution < -0.4 is 10.1 Å². The van der Waals surface area contributed by atoms with Crippen LogP contribution in [0.2, 0.25) is 0 Å². The van der Waals surface area contributed by atoms with Crippen molar-refractivity contribution in [3.05, 3.63) is 66.4 Å². The molecule has 0 spiro atoms. The number of nitrogens with one attached hydrogen (secondary N) is 1. The number of benzene rings is 2. The Labute approximate surface area is 150 Å². The topological polar surface area (TPSA) is 64.4 Å². The highest BCUT2D eigenvalue weighted by atomic mass is 19.1. The van der Waals surface area contributed by atoms with Gasteiger partial charge in [-0.15, -0.1) is 0 Å². The zero-order valence-electron chi connectivity index (χ0n) is 14.4. The molecule has 134 valence electrons. The van der Waals surface area contributed by atoms with E-state index < -0.39 is 0 Å². The maximum atomic E-state index is 13.8. The van der Waals surface area contributed by atoms with E-state index in [2.05, 4.69) is 10.3 Å². The van der Waals surface area contributed by atoms with Crippen LogP contribution in [-0.4, -0.2) is 17.5 Å². The molecule has 3 aromatic rings. The molecule has 5 nitrogen and oxygen atoms in total. The van der Waals surface area contributed by atoms with Crippen LogP contribution in [0.1, 0.15) is 19.2 Å². The molecule has 1 heterocycles. The van der Waals surface area contributed by atoms with E-state index >= 15 is 0 Å². The van der Waals surface area contributed by atoms with E-state index in [0.717, 1.165) is 0 Å². The summed E-state index contributed by atoms with van der Waals surface area (Å²) in [5.74, 6) is 0.807. The summed E-state index contributed by atoms with van der Waals surface area (Å²) in [6, 6.07) is 13.6. The fraction of sp³-hybridized carbons (Fsp3) is 0.200. The van der Waals surface area contributed by atoms with E-state index in [9.17, 15) is 9.18 Å². The van der Waals surface area contributed by atoms with E-state index in [-0.39, 0.29) is 18.1 Å². The van der Waals surface area contributed by atoms with Crippen molar-refractivity contribution in [1.82, 2.24) is 4.98 Å². The minimum Gasteiger partial charge on any atom is -0.492 e. The van der Waals surface area contributed by atoms with Crippen molar-refractivity contribution in [2.24, 2.45) is 0 Å². The van der Waals surface area contributed by atoms with Crippen LogP contribution in [0.5, 0.6) is 5.75 Å². The van der Waals surface area contributed by atoms with Crippen LogP contribution in [0.3, 0.4) is 0 Å². The summed E-state index contributed by atoms with van der Waals surface area (Å²) in [6.07, 6.45) is 1.98. The summed E-state index contributed by atoms with van der Waals surface area (Å²) in [5.41, 5.74) is 0.972. The smallest absolute Gasteiger partial charge is 0.224 e. The Kier molecular flexibility index (Phi) is 5.63. The van der Waals surface area contributed by atoms with Crippen molar-refractivity contribution >= 4 is 11.6 Å². The Hall–Kier alpha value is -3.15. The molecule has 0 saturated heterocycles. The molecule has 0 radical (unpaired) electrons. The number of hydrogen-bond acceptors (Lipinski definition) is 4. The van der Waals surface area contributed by atoms with Gasteiger partial charge in [-0.25, -0.2) is 9.37 Å². The van der Waals surface area contributed by atoms with Crippen LogP contribution in [0.25, 0.3) is 11.3 Å². The second-order valence-electron chi connectivity index (χ2n) is 5.58. The van der Waals surface area contributed by atoms with Crippen molar-refractivity contribution < 1.29 is 18.3 Å². The number of hydrogen-bond donors (Lipinski definition) is 1. The van der Waals surface area contributed by atoms with Crippen molar-refractivity contribution in [3.63, 3.8) is 0 Å². The van der Waals surface area contributed by atoms with E-state index in [4.69, 9.17) is 9.15 Å². The Morgan fingerprint density at radius 3 is 2.77 bits per heavy atom. The first-order chi connectivity index (χ1) is 12.7. The number of oxazole rings is 1. The van der Waals surface area contributed by atoms with Crippen LogP contribution in [0, 0.1) is 5.82 Å². The summed E-state index contributed by atoms with van der Waals surface area (Å²) in [7, 11) is 0. The quantitative estimate of drug-likeness (QED) is 0.681. The molecule has 3 rings (SSSR count). The van der Waals surface area contributed by atoms with Gasteiger partial charge >= 0.3 is 0 Å². The molecular weight excluding hydrogens is 335 g/mol. The highest BCUT2D eigenvalue weighted by molar-refractivity contribution is 5.92. The van der Waals surface area contributed by atoms with Crippen molar-refractivity contribution in [3.8, 4) is 17.1 Å². The van der Waals surface area contributed by atoms with Gasteiger partial charge in [-0.1, -0.05) is 24.3 Å². The molecule has 1 N–H and O–H groups in total. The van der Waals surface area contributed by atoms with Gasteiger partial charge in [-0.2, -0.15) is 0 Å².